The minimum Gasteiger partial charge on any atom is -0.461 e. The van der Waals surface area contributed by atoms with E-state index in [9.17, 15) is 19.7 Å². The third-order valence-corrected chi connectivity index (χ3v) is 3.42. The molecule has 0 fully saturated rings. The van der Waals surface area contributed by atoms with E-state index >= 15 is 0 Å². The van der Waals surface area contributed by atoms with E-state index in [1.807, 2.05) is 0 Å². The van der Waals surface area contributed by atoms with E-state index in [1.165, 1.54) is 18.2 Å². The van der Waals surface area contributed by atoms with E-state index in [-0.39, 0.29) is 31.0 Å². The number of halogens is 1. The standard InChI is InChI=1S/C17H15ClN2O5/c18-13-4-2-5-14(10-13)19-16(21)7-8-17(22)25-11-12-3-1-6-15(9-12)20(23)24/h1-6,9-10H,7-8,11H2,(H,19,21). The Morgan fingerprint density at radius 1 is 1.12 bits per heavy atom. The van der Waals surface area contributed by atoms with Gasteiger partial charge in [0.05, 0.1) is 11.3 Å². The summed E-state index contributed by atoms with van der Waals surface area (Å²) in [7, 11) is 0. The number of non-ortho nitro benzene ring substituents is 1. The van der Waals surface area contributed by atoms with Crippen LogP contribution in [0.1, 0.15) is 18.4 Å². The molecule has 0 radical (unpaired) electrons. The number of carbonyl (C=O) groups excluding carboxylic acids is 2. The summed E-state index contributed by atoms with van der Waals surface area (Å²) in [6.07, 6.45) is -0.137. The number of nitro benzene ring substituents is 1. The van der Waals surface area contributed by atoms with Crippen molar-refractivity contribution >= 4 is 34.9 Å². The van der Waals surface area contributed by atoms with Crippen LogP contribution in [-0.4, -0.2) is 16.8 Å². The van der Waals surface area contributed by atoms with Crippen molar-refractivity contribution in [3.05, 3.63) is 69.2 Å². The van der Waals surface area contributed by atoms with Gasteiger partial charge in [-0.15, -0.1) is 0 Å². The fourth-order valence-electron chi connectivity index (χ4n) is 2.00. The molecule has 0 spiro atoms. The number of hydrogen-bond acceptors (Lipinski definition) is 5. The molecule has 7 nitrogen and oxygen atoms in total. The Hall–Kier alpha value is -2.93. The molecule has 2 rings (SSSR count). The van der Waals surface area contributed by atoms with Crippen LogP contribution in [0.3, 0.4) is 0 Å². The van der Waals surface area contributed by atoms with Crippen LogP contribution in [-0.2, 0) is 20.9 Å². The highest BCUT2D eigenvalue weighted by Gasteiger charge is 2.10. The van der Waals surface area contributed by atoms with Crippen molar-refractivity contribution in [3.8, 4) is 0 Å². The average Bonchev–Trinajstić information content (AvgIpc) is 2.58. The molecule has 0 saturated heterocycles. The van der Waals surface area contributed by atoms with Gasteiger partial charge in [0.15, 0.2) is 0 Å². The number of benzene rings is 2. The molecule has 0 aliphatic heterocycles. The van der Waals surface area contributed by atoms with Crippen molar-refractivity contribution in [2.24, 2.45) is 0 Å². The summed E-state index contributed by atoms with van der Waals surface area (Å²) in [5.41, 5.74) is 0.975. The molecule has 0 aromatic heterocycles. The lowest BCUT2D eigenvalue weighted by atomic mass is 10.2. The topological polar surface area (TPSA) is 98.5 Å². The van der Waals surface area contributed by atoms with Crippen LogP contribution in [0.5, 0.6) is 0 Å². The highest BCUT2D eigenvalue weighted by Crippen LogP contribution is 2.16. The van der Waals surface area contributed by atoms with Crippen LogP contribution in [0.25, 0.3) is 0 Å². The van der Waals surface area contributed by atoms with Gasteiger partial charge in [0, 0.05) is 29.3 Å². The van der Waals surface area contributed by atoms with Gasteiger partial charge in [0.25, 0.3) is 5.69 Å². The summed E-state index contributed by atoms with van der Waals surface area (Å²) >= 11 is 5.82. The largest absolute Gasteiger partial charge is 0.461 e. The first-order chi connectivity index (χ1) is 11.9. The number of anilines is 1. The molecule has 0 atom stereocenters. The van der Waals surface area contributed by atoms with Gasteiger partial charge in [-0.05, 0) is 23.8 Å². The average molecular weight is 363 g/mol. The summed E-state index contributed by atoms with van der Waals surface area (Å²) in [4.78, 5) is 33.6. The summed E-state index contributed by atoms with van der Waals surface area (Å²) in [6, 6.07) is 12.5. The van der Waals surface area contributed by atoms with Gasteiger partial charge in [-0.3, -0.25) is 19.7 Å². The van der Waals surface area contributed by atoms with Gasteiger partial charge < -0.3 is 10.1 Å². The predicted octanol–water partition coefficient (Wildman–Crippen LogP) is 3.71. The van der Waals surface area contributed by atoms with Gasteiger partial charge >= 0.3 is 5.97 Å². The van der Waals surface area contributed by atoms with Crippen LogP contribution in [0, 0.1) is 10.1 Å². The second-order valence-electron chi connectivity index (χ2n) is 5.15. The van der Waals surface area contributed by atoms with E-state index in [2.05, 4.69) is 5.32 Å². The number of carbonyl (C=O) groups is 2. The van der Waals surface area contributed by atoms with Crippen molar-refractivity contribution < 1.29 is 19.2 Å². The van der Waals surface area contributed by atoms with Crippen LogP contribution in [0.4, 0.5) is 11.4 Å². The molecule has 0 unspecified atom stereocenters. The van der Waals surface area contributed by atoms with Crippen molar-refractivity contribution in [2.45, 2.75) is 19.4 Å². The third kappa shape index (κ3) is 6.23. The minimum atomic E-state index is -0.562. The monoisotopic (exact) mass is 362 g/mol. The molecule has 0 heterocycles. The molecule has 130 valence electrons. The van der Waals surface area contributed by atoms with Crippen molar-refractivity contribution in [1.29, 1.82) is 0 Å². The molecule has 1 N–H and O–H groups in total. The molecular formula is C17H15ClN2O5. The van der Waals surface area contributed by atoms with Crippen molar-refractivity contribution in [3.63, 3.8) is 0 Å². The molecule has 0 bridgehead atoms. The van der Waals surface area contributed by atoms with Gasteiger partial charge in [-0.25, -0.2) is 0 Å². The number of nitro groups is 1. The van der Waals surface area contributed by atoms with E-state index < -0.39 is 10.9 Å². The fraction of sp³-hybridized carbons (Fsp3) is 0.176. The second-order valence-corrected chi connectivity index (χ2v) is 5.58. The Labute approximate surface area is 148 Å². The van der Waals surface area contributed by atoms with Crippen LogP contribution in [0.2, 0.25) is 5.02 Å². The molecule has 2 aromatic carbocycles. The fourth-order valence-corrected chi connectivity index (χ4v) is 2.19. The number of rotatable bonds is 7. The van der Waals surface area contributed by atoms with Gasteiger partial charge in [0.1, 0.15) is 6.61 Å². The highest BCUT2D eigenvalue weighted by molar-refractivity contribution is 6.30. The lowest BCUT2D eigenvalue weighted by Crippen LogP contribution is -2.14. The molecule has 8 heteroatoms. The SMILES string of the molecule is O=C(CCC(=O)OCc1cccc([N+](=O)[O-])c1)Nc1cccc(Cl)c1. The van der Waals surface area contributed by atoms with Crippen molar-refractivity contribution in [1.82, 2.24) is 0 Å². The zero-order valence-electron chi connectivity index (χ0n) is 13.1. The molecule has 2 aromatic rings. The third-order valence-electron chi connectivity index (χ3n) is 3.19. The predicted molar refractivity (Wildman–Crippen MR) is 92.2 cm³/mol. The zero-order chi connectivity index (χ0) is 18.2. The molecule has 0 aliphatic rings. The first kappa shape index (κ1) is 18.4. The molecule has 1 amide bonds. The number of nitrogens with one attached hydrogen (secondary N) is 1. The Kier molecular flexibility index (Phi) is 6.47. The van der Waals surface area contributed by atoms with E-state index in [4.69, 9.17) is 16.3 Å². The van der Waals surface area contributed by atoms with Crippen LogP contribution in [0.15, 0.2) is 48.5 Å². The van der Waals surface area contributed by atoms with Gasteiger partial charge in [-0.1, -0.05) is 29.8 Å². The summed E-state index contributed by atoms with van der Waals surface area (Å²) in [6.45, 7) is -0.0869. The van der Waals surface area contributed by atoms with Crippen molar-refractivity contribution in [2.75, 3.05) is 5.32 Å². The number of esters is 1. The lowest BCUT2D eigenvalue weighted by molar-refractivity contribution is -0.384. The quantitative estimate of drug-likeness (QED) is 0.460. The first-order valence-electron chi connectivity index (χ1n) is 7.38. The maximum atomic E-state index is 11.8. The molecule has 0 aliphatic carbocycles. The Bertz CT molecular complexity index is 794. The maximum absolute atomic E-state index is 11.8. The lowest BCUT2D eigenvalue weighted by Gasteiger charge is -2.06. The van der Waals surface area contributed by atoms with Gasteiger partial charge in [0.2, 0.25) is 5.91 Å². The first-order valence-corrected chi connectivity index (χ1v) is 7.76. The number of amides is 1. The number of ether oxygens (including phenoxy) is 1. The summed E-state index contributed by atoms with van der Waals surface area (Å²) < 4.78 is 5.02. The van der Waals surface area contributed by atoms with Crippen LogP contribution >= 0.6 is 11.6 Å². The van der Waals surface area contributed by atoms with Gasteiger partial charge in [-0.2, -0.15) is 0 Å². The van der Waals surface area contributed by atoms with E-state index in [0.29, 0.717) is 16.3 Å². The zero-order valence-corrected chi connectivity index (χ0v) is 13.9. The summed E-state index contributed by atoms with van der Waals surface area (Å²) in [5.74, 6) is -0.901. The molecular weight excluding hydrogens is 348 g/mol. The van der Waals surface area contributed by atoms with Crippen LogP contribution < -0.4 is 5.32 Å². The minimum absolute atomic E-state index is 0.0414. The second kappa shape index (κ2) is 8.79. The normalized spacial score (nSPS) is 10.1. The maximum Gasteiger partial charge on any atom is 0.306 e. The number of nitrogens with zero attached hydrogens (tertiary/aromatic N) is 1. The molecule has 25 heavy (non-hydrogen) atoms. The van der Waals surface area contributed by atoms with E-state index in [1.54, 1.807) is 30.3 Å². The summed E-state index contributed by atoms with van der Waals surface area (Å²) in [5, 5.41) is 13.8. The van der Waals surface area contributed by atoms with E-state index in [0.717, 1.165) is 0 Å². The highest BCUT2D eigenvalue weighted by atomic mass is 35.5. The Balaban J connectivity index is 1.76. The molecule has 0 saturated carbocycles. The Morgan fingerprint density at radius 3 is 2.60 bits per heavy atom. The number of hydrogen-bond donors (Lipinski definition) is 1. The smallest absolute Gasteiger partial charge is 0.306 e. The Morgan fingerprint density at radius 2 is 1.88 bits per heavy atom.